The number of nitrogens with one attached hydrogen (secondary N) is 4. The number of nitrogens with two attached hydrogens (primary N) is 2. The second-order valence-corrected chi connectivity index (χ2v) is 8.29. The van der Waals surface area contributed by atoms with Crippen molar-refractivity contribution in [2.24, 2.45) is 11.5 Å². The van der Waals surface area contributed by atoms with E-state index in [1.54, 1.807) is 6.20 Å². The number of aliphatic carboxylic acids is 2. The largest absolute Gasteiger partial charge is 0.481 e. The van der Waals surface area contributed by atoms with Crippen molar-refractivity contribution in [3.63, 3.8) is 0 Å². The first kappa shape index (κ1) is 28.3. The molecule has 0 spiro atoms. The van der Waals surface area contributed by atoms with Crippen LogP contribution in [0.5, 0.6) is 0 Å². The highest BCUT2D eigenvalue weighted by molar-refractivity contribution is 5.95. The first-order valence-corrected chi connectivity index (χ1v) is 11.4. The Morgan fingerprint density at radius 2 is 1.61 bits per heavy atom. The average molecular weight is 505 g/mol. The molecule has 13 nitrogen and oxygen atoms in total. The standard InChI is InChI=1S/C23H32N6O7/c24-8-4-3-7-17(22(35)27-12-20(32)33)28-23(36)18(29-21(34)15(25)10-19(30)31)9-13-11-26-16-6-2-1-5-14(13)16/h1-2,5-6,11,15,17-18,26H,3-4,7-10,12,24-25H2,(H,27,35)(H,28,36)(H,29,34)(H,30,31)(H,32,33). The highest BCUT2D eigenvalue weighted by Crippen LogP contribution is 2.19. The predicted octanol–water partition coefficient (Wildman–Crippen LogP) is -1.19. The first-order valence-electron chi connectivity index (χ1n) is 11.4. The van der Waals surface area contributed by atoms with Crippen LogP contribution in [0.3, 0.4) is 0 Å². The summed E-state index contributed by atoms with van der Waals surface area (Å²) in [7, 11) is 0. The number of carboxylic acid groups (broad SMARTS) is 2. The summed E-state index contributed by atoms with van der Waals surface area (Å²) in [5.41, 5.74) is 12.7. The van der Waals surface area contributed by atoms with Crippen molar-refractivity contribution in [1.82, 2.24) is 20.9 Å². The minimum atomic E-state index is -1.39. The van der Waals surface area contributed by atoms with Crippen LogP contribution in [0.25, 0.3) is 10.9 Å². The molecule has 3 unspecified atom stereocenters. The number of fused-ring (bicyclic) bond motifs is 1. The van der Waals surface area contributed by atoms with Crippen molar-refractivity contribution >= 4 is 40.6 Å². The highest BCUT2D eigenvalue weighted by atomic mass is 16.4. The maximum absolute atomic E-state index is 13.3. The van der Waals surface area contributed by atoms with Crippen LogP contribution in [-0.2, 0) is 30.4 Å². The number of carbonyl (C=O) groups is 5. The molecule has 36 heavy (non-hydrogen) atoms. The Morgan fingerprint density at radius 3 is 2.28 bits per heavy atom. The lowest BCUT2D eigenvalue weighted by Gasteiger charge is -2.24. The Bertz CT molecular complexity index is 1090. The van der Waals surface area contributed by atoms with Gasteiger partial charge in [0.05, 0.1) is 12.5 Å². The van der Waals surface area contributed by atoms with Crippen molar-refractivity contribution in [1.29, 1.82) is 0 Å². The fraction of sp³-hybridized carbons (Fsp3) is 0.435. The average Bonchev–Trinajstić information content (AvgIpc) is 3.23. The van der Waals surface area contributed by atoms with Gasteiger partial charge in [0.15, 0.2) is 0 Å². The summed E-state index contributed by atoms with van der Waals surface area (Å²) < 4.78 is 0. The van der Waals surface area contributed by atoms with E-state index in [0.717, 1.165) is 10.9 Å². The summed E-state index contributed by atoms with van der Waals surface area (Å²) in [5, 5.41) is 25.9. The minimum Gasteiger partial charge on any atom is -0.481 e. The van der Waals surface area contributed by atoms with Crippen molar-refractivity contribution < 1.29 is 34.2 Å². The third kappa shape index (κ3) is 8.67. The number of H-pyrrole nitrogens is 1. The predicted molar refractivity (Wildman–Crippen MR) is 130 cm³/mol. The fourth-order valence-corrected chi connectivity index (χ4v) is 3.61. The molecule has 0 saturated heterocycles. The zero-order valence-electron chi connectivity index (χ0n) is 19.7. The molecule has 1 aromatic carbocycles. The second kappa shape index (κ2) is 13.8. The Morgan fingerprint density at radius 1 is 0.917 bits per heavy atom. The summed E-state index contributed by atoms with van der Waals surface area (Å²) in [6, 6.07) is 3.68. The van der Waals surface area contributed by atoms with Gasteiger partial charge in [0.2, 0.25) is 17.7 Å². The molecule has 0 bridgehead atoms. The van der Waals surface area contributed by atoms with Gasteiger partial charge >= 0.3 is 11.9 Å². The summed E-state index contributed by atoms with van der Waals surface area (Å²) in [6.45, 7) is -0.250. The van der Waals surface area contributed by atoms with Gasteiger partial charge in [-0.05, 0) is 37.4 Å². The van der Waals surface area contributed by atoms with Crippen LogP contribution in [0.15, 0.2) is 30.5 Å². The van der Waals surface area contributed by atoms with Crippen LogP contribution in [0.2, 0.25) is 0 Å². The van der Waals surface area contributed by atoms with Crippen molar-refractivity contribution in [3.05, 3.63) is 36.0 Å². The van der Waals surface area contributed by atoms with Gasteiger partial charge < -0.3 is 42.6 Å². The van der Waals surface area contributed by atoms with E-state index in [2.05, 4.69) is 20.9 Å². The summed E-state index contributed by atoms with van der Waals surface area (Å²) in [6.07, 6.45) is 2.34. The number of carbonyl (C=O) groups excluding carboxylic acids is 3. The number of carboxylic acids is 2. The van der Waals surface area contributed by atoms with E-state index in [-0.39, 0.29) is 12.8 Å². The van der Waals surface area contributed by atoms with Gasteiger partial charge in [-0.3, -0.25) is 24.0 Å². The Labute approximate surface area is 207 Å². The van der Waals surface area contributed by atoms with Gasteiger partial charge in [-0.1, -0.05) is 18.2 Å². The maximum atomic E-state index is 13.3. The molecule has 2 rings (SSSR count). The first-order chi connectivity index (χ1) is 17.1. The second-order valence-electron chi connectivity index (χ2n) is 8.29. The van der Waals surface area contributed by atoms with E-state index in [1.165, 1.54) is 0 Å². The molecule has 10 N–H and O–H groups in total. The Balaban J connectivity index is 2.25. The van der Waals surface area contributed by atoms with E-state index in [0.29, 0.717) is 24.9 Å². The van der Waals surface area contributed by atoms with Gasteiger partial charge in [-0.2, -0.15) is 0 Å². The van der Waals surface area contributed by atoms with Crippen molar-refractivity contribution in [3.8, 4) is 0 Å². The molecule has 196 valence electrons. The lowest BCUT2D eigenvalue weighted by Crippen LogP contribution is -2.56. The molecule has 0 fully saturated rings. The Kier molecular flexibility index (Phi) is 10.8. The third-order valence-electron chi connectivity index (χ3n) is 5.46. The van der Waals surface area contributed by atoms with Gasteiger partial charge in [0, 0.05) is 23.5 Å². The van der Waals surface area contributed by atoms with Crippen LogP contribution >= 0.6 is 0 Å². The van der Waals surface area contributed by atoms with Crippen LogP contribution in [-0.4, -0.2) is 76.1 Å². The number of para-hydroxylation sites is 1. The van der Waals surface area contributed by atoms with E-state index in [9.17, 15) is 24.0 Å². The topological polar surface area (TPSA) is 230 Å². The number of hydrogen-bond donors (Lipinski definition) is 8. The molecule has 0 saturated carbocycles. The summed E-state index contributed by atoms with van der Waals surface area (Å²) in [4.78, 5) is 63.2. The fourth-order valence-electron chi connectivity index (χ4n) is 3.61. The normalized spacial score (nSPS) is 13.4. The number of rotatable bonds is 15. The van der Waals surface area contributed by atoms with Gasteiger partial charge in [0.1, 0.15) is 18.6 Å². The molecule has 0 radical (unpaired) electrons. The zero-order valence-corrected chi connectivity index (χ0v) is 19.7. The van der Waals surface area contributed by atoms with Crippen LogP contribution < -0.4 is 27.4 Å². The molecule has 0 aliphatic carbocycles. The van der Waals surface area contributed by atoms with Crippen LogP contribution in [0, 0.1) is 0 Å². The van der Waals surface area contributed by atoms with Crippen molar-refractivity contribution in [2.75, 3.05) is 13.1 Å². The van der Waals surface area contributed by atoms with E-state index >= 15 is 0 Å². The smallest absolute Gasteiger partial charge is 0.322 e. The number of amides is 3. The number of unbranched alkanes of at least 4 members (excludes halogenated alkanes) is 1. The van der Waals surface area contributed by atoms with Gasteiger partial charge in [-0.25, -0.2) is 0 Å². The lowest BCUT2D eigenvalue weighted by atomic mass is 10.0. The quantitative estimate of drug-likeness (QED) is 0.136. The maximum Gasteiger partial charge on any atom is 0.322 e. The highest BCUT2D eigenvalue weighted by Gasteiger charge is 2.29. The monoisotopic (exact) mass is 504 g/mol. The summed E-state index contributed by atoms with van der Waals surface area (Å²) >= 11 is 0. The molecular weight excluding hydrogens is 472 g/mol. The molecule has 1 heterocycles. The number of aromatic nitrogens is 1. The molecule has 0 aliphatic rings. The molecular formula is C23H32N6O7. The number of aromatic amines is 1. The Hall–Kier alpha value is -3.97. The molecule has 1 aromatic heterocycles. The molecule has 13 heteroatoms. The summed E-state index contributed by atoms with van der Waals surface area (Å²) in [5.74, 6) is -4.76. The van der Waals surface area contributed by atoms with E-state index in [4.69, 9.17) is 21.7 Å². The molecule has 2 aromatic rings. The number of benzene rings is 1. The van der Waals surface area contributed by atoms with Crippen molar-refractivity contribution in [2.45, 2.75) is 50.2 Å². The van der Waals surface area contributed by atoms with E-state index in [1.807, 2.05) is 24.3 Å². The minimum absolute atomic E-state index is 0.0215. The van der Waals surface area contributed by atoms with E-state index < -0.39 is 60.8 Å². The molecule has 0 aliphatic heterocycles. The SMILES string of the molecule is NCCCCC(NC(=O)C(Cc1c[nH]c2ccccc12)NC(=O)C(N)CC(=O)O)C(=O)NCC(=O)O. The van der Waals surface area contributed by atoms with Crippen LogP contribution in [0.1, 0.15) is 31.2 Å². The molecule has 3 amide bonds. The van der Waals surface area contributed by atoms with Gasteiger partial charge in [0.25, 0.3) is 0 Å². The van der Waals surface area contributed by atoms with Gasteiger partial charge in [-0.15, -0.1) is 0 Å². The molecule has 3 atom stereocenters. The number of hydrogen-bond acceptors (Lipinski definition) is 7. The van der Waals surface area contributed by atoms with Crippen LogP contribution in [0.4, 0.5) is 0 Å². The zero-order chi connectivity index (χ0) is 26.7. The third-order valence-corrected chi connectivity index (χ3v) is 5.46. The lowest BCUT2D eigenvalue weighted by molar-refractivity contribution is -0.139.